The lowest BCUT2D eigenvalue weighted by Crippen LogP contribution is -1.93. The first kappa shape index (κ1) is 13.1. The fourth-order valence-corrected chi connectivity index (χ4v) is 3.48. The fourth-order valence-electron chi connectivity index (χ4n) is 1.89. The number of rotatable bonds is 1. The molecule has 3 N–H and O–H groups in total. The molecule has 0 aliphatic rings. The number of imidazole rings is 1. The van der Waals surface area contributed by atoms with E-state index in [9.17, 15) is 0 Å². The minimum absolute atomic E-state index is 0.668. The Bertz CT molecular complexity index is 780. The molecule has 2 aromatic carbocycles. The van der Waals surface area contributed by atoms with E-state index < -0.39 is 0 Å². The first-order valence-electron chi connectivity index (χ1n) is 5.45. The molecule has 3 aromatic rings. The van der Waals surface area contributed by atoms with Gasteiger partial charge in [0, 0.05) is 19.0 Å². The van der Waals surface area contributed by atoms with Gasteiger partial charge in [0.1, 0.15) is 5.82 Å². The highest BCUT2D eigenvalue weighted by Gasteiger charge is 2.12. The normalized spacial score (nSPS) is 11.1. The number of anilines is 1. The summed E-state index contributed by atoms with van der Waals surface area (Å²) in [6.45, 7) is 0. The Morgan fingerprint density at radius 1 is 1.00 bits per heavy atom. The van der Waals surface area contributed by atoms with Gasteiger partial charge in [-0.2, -0.15) is 0 Å². The molecule has 0 aliphatic heterocycles. The third kappa shape index (κ3) is 2.44. The quantitative estimate of drug-likeness (QED) is 0.512. The van der Waals surface area contributed by atoms with Crippen molar-refractivity contribution in [1.82, 2.24) is 9.97 Å². The first-order chi connectivity index (χ1) is 9.04. The topological polar surface area (TPSA) is 54.7 Å². The van der Waals surface area contributed by atoms with Crippen LogP contribution in [0.1, 0.15) is 0 Å². The summed E-state index contributed by atoms with van der Waals surface area (Å²) in [5, 5.41) is 0. The number of nitrogen functional groups attached to an aromatic ring is 1. The van der Waals surface area contributed by atoms with Crippen molar-refractivity contribution in [2.45, 2.75) is 0 Å². The molecule has 1 aromatic heterocycles. The standard InChI is InChI=1S/C13H8Br3N3/c14-6-1-2-10-11(5-6)19-13(18-10)8-3-7(15)4-9(16)12(8)17/h1-5H,17H2,(H,18,19). The highest BCUT2D eigenvalue weighted by atomic mass is 79.9. The number of nitrogens with zero attached hydrogens (tertiary/aromatic N) is 1. The van der Waals surface area contributed by atoms with Crippen LogP contribution in [0.2, 0.25) is 0 Å². The number of fused-ring (bicyclic) bond motifs is 1. The van der Waals surface area contributed by atoms with Gasteiger partial charge in [-0.25, -0.2) is 4.98 Å². The molecule has 96 valence electrons. The Kier molecular flexibility index (Phi) is 3.41. The maximum Gasteiger partial charge on any atom is 0.140 e. The van der Waals surface area contributed by atoms with Gasteiger partial charge in [0.2, 0.25) is 0 Å². The SMILES string of the molecule is Nc1c(Br)cc(Br)cc1-c1nc2ccc(Br)cc2[nH]1. The van der Waals surface area contributed by atoms with Crippen LogP contribution in [0, 0.1) is 0 Å². The van der Waals surface area contributed by atoms with E-state index in [1.54, 1.807) is 0 Å². The summed E-state index contributed by atoms with van der Waals surface area (Å²) in [6.07, 6.45) is 0. The van der Waals surface area contributed by atoms with Crippen LogP contribution in [0.25, 0.3) is 22.4 Å². The van der Waals surface area contributed by atoms with Gasteiger partial charge in [-0.1, -0.05) is 31.9 Å². The van der Waals surface area contributed by atoms with Crippen LogP contribution >= 0.6 is 47.8 Å². The molecular formula is C13H8Br3N3. The molecular weight excluding hydrogens is 438 g/mol. The Morgan fingerprint density at radius 3 is 2.58 bits per heavy atom. The second-order valence-electron chi connectivity index (χ2n) is 4.10. The van der Waals surface area contributed by atoms with E-state index in [2.05, 4.69) is 57.8 Å². The van der Waals surface area contributed by atoms with Crippen molar-refractivity contribution >= 4 is 64.5 Å². The molecule has 0 saturated heterocycles. The molecule has 1 heterocycles. The lowest BCUT2D eigenvalue weighted by molar-refractivity contribution is 1.33. The van der Waals surface area contributed by atoms with Crippen LogP contribution in [-0.2, 0) is 0 Å². The van der Waals surface area contributed by atoms with Gasteiger partial charge in [0.15, 0.2) is 0 Å². The highest BCUT2D eigenvalue weighted by Crippen LogP contribution is 2.34. The number of hydrogen-bond acceptors (Lipinski definition) is 2. The van der Waals surface area contributed by atoms with E-state index in [1.165, 1.54) is 0 Å². The summed E-state index contributed by atoms with van der Waals surface area (Å²) in [4.78, 5) is 7.85. The van der Waals surface area contributed by atoms with Gasteiger partial charge in [-0.3, -0.25) is 0 Å². The number of H-pyrrole nitrogens is 1. The minimum atomic E-state index is 0.668. The molecule has 0 unspecified atom stereocenters. The summed E-state index contributed by atoms with van der Waals surface area (Å²) in [6, 6.07) is 9.79. The van der Waals surface area contributed by atoms with E-state index in [0.717, 1.165) is 35.8 Å². The molecule has 19 heavy (non-hydrogen) atoms. The first-order valence-corrected chi connectivity index (χ1v) is 7.82. The van der Waals surface area contributed by atoms with Gasteiger partial charge in [-0.05, 0) is 46.3 Å². The molecule has 0 fully saturated rings. The zero-order valence-corrected chi connectivity index (χ0v) is 14.3. The number of nitrogens with two attached hydrogens (primary N) is 1. The van der Waals surface area contributed by atoms with Gasteiger partial charge in [-0.15, -0.1) is 0 Å². The highest BCUT2D eigenvalue weighted by molar-refractivity contribution is 9.11. The Hall–Kier alpha value is -0.850. The predicted molar refractivity (Wildman–Crippen MR) is 89.0 cm³/mol. The molecule has 0 bridgehead atoms. The zero-order valence-electron chi connectivity index (χ0n) is 9.55. The molecule has 0 saturated carbocycles. The van der Waals surface area contributed by atoms with Crippen molar-refractivity contribution in [2.75, 3.05) is 5.73 Å². The van der Waals surface area contributed by atoms with E-state index in [1.807, 2.05) is 30.3 Å². The van der Waals surface area contributed by atoms with E-state index in [-0.39, 0.29) is 0 Å². The van der Waals surface area contributed by atoms with E-state index in [0.29, 0.717) is 5.69 Å². The van der Waals surface area contributed by atoms with Crippen molar-refractivity contribution < 1.29 is 0 Å². The number of hydrogen-bond donors (Lipinski definition) is 2. The smallest absolute Gasteiger partial charge is 0.140 e. The molecule has 0 amide bonds. The summed E-state index contributed by atoms with van der Waals surface area (Å²) < 4.78 is 2.81. The third-order valence-corrected chi connectivity index (χ3v) is 4.40. The van der Waals surface area contributed by atoms with Gasteiger partial charge in [0.25, 0.3) is 0 Å². The number of benzene rings is 2. The lowest BCUT2D eigenvalue weighted by Gasteiger charge is -2.05. The molecule has 0 spiro atoms. The summed E-state index contributed by atoms with van der Waals surface area (Å²) in [7, 11) is 0. The van der Waals surface area contributed by atoms with Crippen LogP contribution in [0.3, 0.4) is 0 Å². The maximum atomic E-state index is 6.10. The van der Waals surface area contributed by atoms with Crippen molar-refractivity contribution in [3.63, 3.8) is 0 Å². The molecule has 3 nitrogen and oxygen atoms in total. The lowest BCUT2D eigenvalue weighted by atomic mass is 10.2. The molecule has 0 aliphatic carbocycles. The van der Waals surface area contributed by atoms with Crippen molar-refractivity contribution in [3.8, 4) is 11.4 Å². The third-order valence-electron chi connectivity index (χ3n) is 2.79. The van der Waals surface area contributed by atoms with Gasteiger partial charge >= 0.3 is 0 Å². The van der Waals surface area contributed by atoms with Crippen molar-refractivity contribution in [2.24, 2.45) is 0 Å². The number of halogens is 3. The Balaban J connectivity index is 2.24. The summed E-state index contributed by atoms with van der Waals surface area (Å²) in [5.41, 5.74) is 9.52. The molecule has 0 radical (unpaired) electrons. The van der Waals surface area contributed by atoms with E-state index in [4.69, 9.17) is 5.73 Å². The average molecular weight is 446 g/mol. The summed E-state index contributed by atoms with van der Waals surface area (Å²) in [5.74, 6) is 0.757. The average Bonchev–Trinajstić information content (AvgIpc) is 2.76. The van der Waals surface area contributed by atoms with Gasteiger partial charge < -0.3 is 10.7 Å². The maximum absolute atomic E-state index is 6.10. The monoisotopic (exact) mass is 443 g/mol. The van der Waals surface area contributed by atoms with Crippen LogP contribution in [0.4, 0.5) is 5.69 Å². The Labute approximate surface area is 135 Å². The molecule has 0 atom stereocenters. The zero-order chi connectivity index (χ0) is 13.6. The van der Waals surface area contributed by atoms with Crippen LogP contribution in [0.15, 0.2) is 43.7 Å². The number of aromatic amines is 1. The largest absolute Gasteiger partial charge is 0.397 e. The minimum Gasteiger partial charge on any atom is -0.397 e. The number of aromatic nitrogens is 2. The van der Waals surface area contributed by atoms with Gasteiger partial charge in [0.05, 0.1) is 16.7 Å². The van der Waals surface area contributed by atoms with Crippen molar-refractivity contribution in [1.29, 1.82) is 0 Å². The van der Waals surface area contributed by atoms with Crippen LogP contribution in [0.5, 0.6) is 0 Å². The fraction of sp³-hybridized carbons (Fsp3) is 0. The second-order valence-corrected chi connectivity index (χ2v) is 6.78. The van der Waals surface area contributed by atoms with Crippen LogP contribution in [-0.4, -0.2) is 9.97 Å². The summed E-state index contributed by atoms with van der Waals surface area (Å²) >= 11 is 10.4. The predicted octanol–water partition coefficient (Wildman–Crippen LogP) is 5.10. The Morgan fingerprint density at radius 2 is 1.79 bits per heavy atom. The molecule has 3 rings (SSSR count). The van der Waals surface area contributed by atoms with Crippen molar-refractivity contribution in [3.05, 3.63) is 43.7 Å². The molecule has 6 heteroatoms. The van der Waals surface area contributed by atoms with Crippen LogP contribution < -0.4 is 5.73 Å². The number of nitrogens with one attached hydrogen (secondary N) is 1. The van der Waals surface area contributed by atoms with E-state index >= 15 is 0 Å². The second kappa shape index (κ2) is 4.92.